The van der Waals surface area contributed by atoms with Gasteiger partial charge in [0, 0.05) is 16.6 Å². The lowest BCUT2D eigenvalue weighted by atomic mass is 9.91. The second-order valence-electron chi connectivity index (χ2n) is 7.32. The van der Waals surface area contributed by atoms with Gasteiger partial charge in [0.25, 0.3) is 5.91 Å². The van der Waals surface area contributed by atoms with E-state index in [1.807, 2.05) is 0 Å². The Balaban J connectivity index is 1.44. The second kappa shape index (κ2) is 8.28. The summed E-state index contributed by atoms with van der Waals surface area (Å²) in [6.45, 7) is 2.15. The summed E-state index contributed by atoms with van der Waals surface area (Å²) >= 11 is 12.0. The quantitative estimate of drug-likeness (QED) is 0.664. The van der Waals surface area contributed by atoms with Crippen molar-refractivity contribution in [3.05, 3.63) is 57.6 Å². The number of carbonyl (C=O) groups excluding carboxylic acids is 3. The molecule has 1 unspecified atom stereocenters. The zero-order valence-corrected chi connectivity index (χ0v) is 18.0. The van der Waals surface area contributed by atoms with Crippen molar-refractivity contribution in [2.75, 3.05) is 19.8 Å². The molecule has 1 atom stereocenters. The molecule has 2 aromatic rings. The van der Waals surface area contributed by atoms with Crippen molar-refractivity contribution >= 4 is 41.0 Å². The number of ether oxygens (including phenoxy) is 2. The number of amides is 4. The van der Waals surface area contributed by atoms with Crippen LogP contribution < -0.4 is 20.1 Å². The van der Waals surface area contributed by atoms with E-state index in [9.17, 15) is 14.4 Å². The van der Waals surface area contributed by atoms with E-state index in [-0.39, 0.29) is 6.54 Å². The van der Waals surface area contributed by atoms with Gasteiger partial charge in [0.1, 0.15) is 25.3 Å². The molecule has 2 aliphatic heterocycles. The highest BCUT2D eigenvalue weighted by atomic mass is 35.5. The Bertz CT molecular complexity index is 1080. The maximum Gasteiger partial charge on any atom is 0.325 e. The molecule has 162 valence electrons. The van der Waals surface area contributed by atoms with Crippen molar-refractivity contribution in [1.82, 2.24) is 15.5 Å². The number of nitrogens with zero attached hydrogens (tertiary/aromatic N) is 1. The number of hydrogen-bond acceptors (Lipinski definition) is 5. The fraction of sp³-hybridized carbons (Fsp3) is 0.286. The molecular weight excluding hydrogens is 445 g/mol. The third-order valence-electron chi connectivity index (χ3n) is 5.19. The molecule has 0 spiro atoms. The maximum absolute atomic E-state index is 13.1. The monoisotopic (exact) mass is 463 g/mol. The van der Waals surface area contributed by atoms with E-state index in [0.717, 1.165) is 4.90 Å². The number of imide groups is 1. The lowest BCUT2D eigenvalue weighted by molar-refractivity contribution is -0.134. The molecule has 2 heterocycles. The van der Waals surface area contributed by atoms with Gasteiger partial charge in [0.2, 0.25) is 5.91 Å². The van der Waals surface area contributed by atoms with Gasteiger partial charge in [-0.3, -0.25) is 14.5 Å². The van der Waals surface area contributed by atoms with Crippen LogP contribution in [0.3, 0.4) is 0 Å². The molecule has 2 aromatic carbocycles. The number of benzene rings is 2. The molecule has 0 radical (unpaired) electrons. The van der Waals surface area contributed by atoms with Gasteiger partial charge in [-0.25, -0.2) is 4.79 Å². The average Bonchev–Trinajstić information content (AvgIpc) is 2.96. The summed E-state index contributed by atoms with van der Waals surface area (Å²) in [6.07, 6.45) is 0. The minimum absolute atomic E-state index is 0.137. The summed E-state index contributed by atoms with van der Waals surface area (Å²) in [4.78, 5) is 38.8. The lowest BCUT2D eigenvalue weighted by Gasteiger charge is -2.25. The highest BCUT2D eigenvalue weighted by Gasteiger charge is 2.49. The van der Waals surface area contributed by atoms with Crippen LogP contribution in [-0.2, 0) is 21.7 Å². The third kappa shape index (κ3) is 4.13. The predicted molar refractivity (Wildman–Crippen MR) is 113 cm³/mol. The van der Waals surface area contributed by atoms with E-state index in [4.69, 9.17) is 32.7 Å². The Hall–Kier alpha value is -2.97. The second-order valence-corrected chi connectivity index (χ2v) is 8.16. The first-order chi connectivity index (χ1) is 14.8. The zero-order chi connectivity index (χ0) is 22.2. The van der Waals surface area contributed by atoms with Gasteiger partial charge in [-0.15, -0.1) is 0 Å². The number of halogens is 2. The smallest absolute Gasteiger partial charge is 0.325 e. The van der Waals surface area contributed by atoms with Gasteiger partial charge in [0.15, 0.2) is 11.5 Å². The number of urea groups is 1. The third-order valence-corrected chi connectivity index (χ3v) is 5.77. The molecule has 1 fully saturated rings. The van der Waals surface area contributed by atoms with E-state index in [0.29, 0.717) is 45.9 Å². The molecule has 0 aromatic heterocycles. The highest BCUT2D eigenvalue weighted by Crippen LogP contribution is 2.36. The molecule has 0 aliphatic carbocycles. The highest BCUT2D eigenvalue weighted by molar-refractivity contribution is 6.35. The Morgan fingerprint density at radius 3 is 2.61 bits per heavy atom. The minimum atomic E-state index is -1.33. The molecular formula is C21H19Cl2N3O5. The maximum atomic E-state index is 13.1. The fourth-order valence-corrected chi connectivity index (χ4v) is 3.92. The number of hydrogen-bond donors (Lipinski definition) is 2. The van der Waals surface area contributed by atoms with E-state index < -0.39 is 29.9 Å². The molecule has 0 bridgehead atoms. The van der Waals surface area contributed by atoms with Crippen LogP contribution in [0.15, 0.2) is 36.4 Å². The Morgan fingerprint density at radius 2 is 1.87 bits per heavy atom. The Morgan fingerprint density at radius 1 is 1.13 bits per heavy atom. The van der Waals surface area contributed by atoms with Crippen LogP contribution in [0.4, 0.5) is 4.79 Å². The van der Waals surface area contributed by atoms with Gasteiger partial charge in [-0.1, -0.05) is 35.3 Å². The minimum Gasteiger partial charge on any atom is -0.486 e. The summed E-state index contributed by atoms with van der Waals surface area (Å²) in [5.41, 5.74) is -0.129. The SMILES string of the molecule is CC1(c2ccc3c(c2)OCCO3)NC(=O)N(CC(=O)NCc2ccc(Cl)cc2Cl)C1=O. The van der Waals surface area contributed by atoms with Crippen molar-refractivity contribution in [3.63, 3.8) is 0 Å². The van der Waals surface area contributed by atoms with Crippen LogP contribution in [0.1, 0.15) is 18.1 Å². The van der Waals surface area contributed by atoms with Gasteiger partial charge in [-0.05, 0) is 42.3 Å². The largest absolute Gasteiger partial charge is 0.486 e. The summed E-state index contributed by atoms with van der Waals surface area (Å²) in [5, 5.41) is 6.23. The lowest BCUT2D eigenvalue weighted by Crippen LogP contribution is -2.43. The van der Waals surface area contributed by atoms with Crippen LogP contribution >= 0.6 is 23.2 Å². The molecule has 1 saturated heterocycles. The molecule has 2 aliphatic rings. The van der Waals surface area contributed by atoms with Crippen LogP contribution in [0.25, 0.3) is 0 Å². The van der Waals surface area contributed by atoms with Gasteiger partial charge in [-0.2, -0.15) is 0 Å². The summed E-state index contributed by atoms with van der Waals surface area (Å²) < 4.78 is 11.1. The fourth-order valence-electron chi connectivity index (χ4n) is 3.45. The van der Waals surface area contributed by atoms with E-state index >= 15 is 0 Å². The van der Waals surface area contributed by atoms with Crippen molar-refractivity contribution in [2.45, 2.75) is 19.0 Å². The number of fused-ring (bicyclic) bond motifs is 1. The summed E-state index contributed by atoms with van der Waals surface area (Å²) in [6, 6.07) is 9.32. The standard InChI is InChI=1S/C21H19Cl2N3O5/c1-21(13-3-5-16-17(8-13)31-7-6-30-16)19(28)26(20(29)25-21)11-18(27)24-10-12-2-4-14(22)9-15(12)23/h2-5,8-9H,6-7,10-11H2,1H3,(H,24,27)(H,25,29). The first-order valence-corrected chi connectivity index (χ1v) is 10.3. The molecule has 31 heavy (non-hydrogen) atoms. The number of rotatable bonds is 5. The van der Waals surface area contributed by atoms with Gasteiger partial charge in [0.05, 0.1) is 0 Å². The van der Waals surface area contributed by atoms with Crippen molar-refractivity contribution < 1.29 is 23.9 Å². The van der Waals surface area contributed by atoms with E-state index in [1.54, 1.807) is 43.3 Å². The van der Waals surface area contributed by atoms with Crippen LogP contribution in [0.5, 0.6) is 11.5 Å². The number of nitrogens with one attached hydrogen (secondary N) is 2. The van der Waals surface area contributed by atoms with Crippen molar-refractivity contribution in [2.24, 2.45) is 0 Å². The molecule has 2 N–H and O–H groups in total. The molecule has 0 saturated carbocycles. The van der Waals surface area contributed by atoms with Crippen LogP contribution in [0, 0.1) is 0 Å². The van der Waals surface area contributed by atoms with Crippen molar-refractivity contribution in [1.29, 1.82) is 0 Å². The first-order valence-electron chi connectivity index (χ1n) is 9.53. The van der Waals surface area contributed by atoms with Crippen LogP contribution in [-0.4, -0.2) is 42.5 Å². The Kier molecular flexibility index (Phi) is 5.68. The average molecular weight is 464 g/mol. The normalized spacial score (nSPS) is 19.9. The van der Waals surface area contributed by atoms with Crippen LogP contribution in [0.2, 0.25) is 10.0 Å². The predicted octanol–water partition coefficient (Wildman–Crippen LogP) is 2.85. The molecule has 4 rings (SSSR count). The van der Waals surface area contributed by atoms with Crippen molar-refractivity contribution in [3.8, 4) is 11.5 Å². The van der Waals surface area contributed by atoms with Gasteiger partial charge >= 0.3 is 6.03 Å². The zero-order valence-electron chi connectivity index (χ0n) is 16.5. The molecule has 4 amide bonds. The van der Waals surface area contributed by atoms with Gasteiger partial charge < -0.3 is 20.1 Å². The molecule has 8 nitrogen and oxygen atoms in total. The first kappa shape index (κ1) is 21.3. The topological polar surface area (TPSA) is 97.0 Å². The molecule has 10 heteroatoms. The Labute approximate surface area is 188 Å². The van der Waals surface area contributed by atoms with E-state index in [1.165, 1.54) is 0 Å². The number of carbonyl (C=O) groups is 3. The van der Waals surface area contributed by atoms with E-state index in [2.05, 4.69) is 10.6 Å². The summed E-state index contributed by atoms with van der Waals surface area (Å²) in [7, 11) is 0. The summed E-state index contributed by atoms with van der Waals surface area (Å²) in [5.74, 6) is 0.0466.